The van der Waals surface area contributed by atoms with Gasteiger partial charge in [0.15, 0.2) is 5.78 Å². The summed E-state index contributed by atoms with van der Waals surface area (Å²) in [6, 6.07) is 10.2. The molecule has 1 saturated carbocycles. The number of allylic oxidation sites excluding steroid dienone is 2. The molecule has 1 aromatic rings. The van der Waals surface area contributed by atoms with Crippen LogP contribution in [0, 0.1) is 17.3 Å². The molecule has 1 aromatic carbocycles. The van der Waals surface area contributed by atoms with Gasteiger partial charge in [-0.25, -0.2) is 0 Å². The summed E-state index contributed by atoms with van der Waals surface area (Å²) < 4.78 is 6.27. The molecule has 0 radical (unpaired) electrons. The molecule has 0 spiro atoms. The van der Waals surface area contributed by atoms with E-state index in [4.69, 9.17) is 4.74 Å². The molecule has 2 bridgehead atoms. The molecule has 3 atom stereocenters. The Balaban J connectivity index is 1.88. The molecule has 130 valence electrons. The fourth-order valence-corrected chi connectivity index (χ4v) is 4.66. The minimum Gasteiger partial charge on any atom is -0.365 e. The Bertz CT molecular complexity index is 627. The lowest BCUT2D eigenvalue weighted by Gasteiger charge is -2.47. The van der Waals surface area contributed by atoms with Crippen molar-refractivity contribution in [3.8, 4) is 0 Å². The Labute approximate surface area is 146 Å². The smallest absolute Gasteiger partial charge is 0.164 e. The van der Waals surface area contributed by atoms with Crippen molar-refractivity contribution < 1.29 is 9.53 Å². The molecule has 2 aliphatic carbocycles. The highest BCUT2D eigenvalue weighted by molar-refractivity contribution is 5.86. The number of hydrogen-bond donors (Lipinski definition) is 0. The number of carbonyl (C=O) groups is 1. The molecule has 2 heteroatoms. The molecule has 1 fully saturated rings. The molecule has 24 heavy (non-hydrogen) atoms. The summed E-state index contributed by atoms with van der Waals surface area (Å²) in [6.45, 7) is 9.51. The van der Waals surface area contributed by atoms with Gasteiger partial charge in [-0.3, -0.25) is 4.79 Å². The highest BCUT2D eigenvalue weighted by Gasteiger charge is 2.46. The van der Waals surface area contributed by atoms with Crippen LogP contribution < -0.4 is 0 Å². The molecule has 3 rings (SSSR count). The van der Waals surface area contributed by atoms with Crippen LogP contribution in [0.4, 0.5) is 0 Å². The summed E-state index contributed by atoms with van der Waals surface area (Å²) in [5.41, 5.74) is 4.31. The van der Waals surface area contributed by atoms with Gasteiger partial charge in [0.2, 0.25) is 0 Å². The molecular weight excluding hydrogens is 296 g/mol. The standard InChI is InChI=1S/C22H30O2/c1-15-10-13-19-21(24-14-17-8-6-5-7-9-17)20(23)16(2)11-12-18(15)22(19,3)4/h5-9,16,19,21H,10-14H2,1-4H3/t16-,19-,21+/m1/s1. The van der Waals surface area contributed by atoms with Gasteiger partial charge in [0.05, 0.1) is 6.61 Å². The lowest BCUT2D eigenvalue weighted by molar-refractivity contribution is -0.144. The predicted octanol–water partition coefficient (Wildman–Crippen LogP) is 5.32. The van der Waals surface area contributed by atoms with Crippen molar-refractivity contribution in [1.82, 2.24) is 0 Å². The number of fused-ring (bicyclic) bond motifs is 2. The normalized spacial score (nSPS) is 30.0. The fraction of sp³-hybridized carbons (Fsp3) is 0.591. The van der Waals surface area contributed by atoms with E-state index < -0.39 is 0 Å². The van der Waals surface area contributed by atoms with Crippen LogP contribution in [-0.4, -0.2) is 11.9 Å². The van der Waals surface area contributed by atoms with Gasteiger partial charge < -0.3 is 4.74 Å². The molecule has 0 aromatic heterocycles. The summed E-state index contributed by atoms with van der Waals surface area (Å²) in [4.78, 5) is 13.0. The third kappa shape index (κ3) is 3.21. The van der Waals surface area contributed by atoms with Gasteiger partial charge in [-0.15, -0.1) is 0 Å². The molecular formula is C22H30O2. The maximum atomic E-state index is 13.0. The molecule has 0 heterocycles. The number of benzene rings is 1. The minimum atomic E-state index is -0.279. The topological polar surface area (TPSA) is 26.3 Å². The first-order valence-corrected chi connectivity index (χ1v) is 9.29. The van der Waals surface area contributed by atoms with E-state index in [0.29, 0.717) is 12.4 Å². The van der Waals surface area contributed by atoms with Crippen LogP contribution in [0.2, 0.25) is 0 Å². The summed E-state index contributed by atoms with van der Waals surface area (Å²) in [5.74, 6) is 0.683. The van der Waals surface area contributed by atoms with E-state index >= 15 is 0 Å². The van der Waals surface area contributed by atoms with Crippen LogP contribution in [0.25, 0.3) is 0 Å². The van der Waals surface area contributed by atoms with Crippen molar-refractivity contribution in [1.29, 1.82) is 0 Å². The van der Waals surface area contributed by atoms with E-state index in [2.05, 4.69) is 39.8 Å². The SMILES string of the molecule is CC1=C2CC[C@@H](C)C(=O)[C@@H](OCc3ccccc3)[C@@H](CC1)C2(C)C. The molecule has 0 unspecified atom stereocenters. The number of carbonyl (C=O) groups excluding carboxylic acids is 1. The number of rotatable bonds is 3. The summed E-state index contributed by atoms with van der Waals surface area (Å²) in [6.07, 6.45) is 3.90. The van der Waals surface area contributed by atoms with Crippen LogP contribution in [0.3, 0.4) is 0 Å². The highest BCUT2D eigenvalue weighted by atomic mass is 16.5. The first-order valence-electron chi connectivity index (χ1n) is 9.29. The van der Waals surface area contributed by atoms with Gasteiger partial charge in [-0.05, 0) is 43.6 Å². The van der Waals surface area contributed by atoms with Crippen molar-refractivity contribution in [3.05, 3.63) is 47.0 Å². The van der Waals surface area contributed by atoms with E-state index in [-0.39, 0.29) is 23.4 Å². The number of hydrogen-bond acceptors (Lipinski definition) is 2. The van der Waals surface area contributed by atoms with Gasteiger partial charge in [0.1, 0.15) is 6.10 Å². The van der Waals surface area contributed by atoms with E-state index in [1.807, 2.05) is 18.2 Å². The van der Waals surface area contributed by atoms with Crippen LogP contribution in [0.5, 0.6) is 0 Å². The Kier molecular flexibility index (Phi) is 4.96. The highest BCUT2D eigenvalue weighted by Crippen LogP contribution is 2.50. The van der Waals surface area contributed by atoms with Gasteiger partial charge in [0.25, 0.3) is 0 Å². The van der Waals surface area contributed by atoms with E-state index in [1.165, 1.54) is 0 Å². The van der Waals surface area contributed by atoms with E-state index in [9.17, 15) is 4.79 Å². The van der Waals surface area contributed by atoms with Gasteiger partial charge in [-0.2, -0.15) is 0 Å². The van der Waals surface area contributed by atoms with Crippen molar-refractivity contribution in [3.63, 3.8) is 0 Å². The zero-order chi connectivity index (χ0) is 17.3. The average Bonchev–Trinajstić information content (AvgIpc) is 2.56. The fourth-order valence-electron chi connectivity index (χ4n) is 4.66. The maximum absolute atomic E-state index is 13.0. The van der Waals surface area contributed by atoms with Crippen LogP contribution in [-0.2, 0) is 16.1 Å². The molecule has 0 saturated heterocycles. The minimum absolute atomic E-state index is 0.0550. The average molecular weight is 326 g/mol. The number of Topliss-reactive ketones (excluding diaryl/α,β-unsaturated/α-hetero) is 1. The van der Waals surface area contributed by atoms with Crippen LogP contribution in [0.1, 0.15) is 58.9 Å². The van der Waals surface area contributed by atoms with Crippen molar-refractivity contribution >= 4 is 5.78 Å². The third-order valence-electron chi connectivity index (χ3n) is 6.28. The maximum Gasteiger partial charge on any atom is 0.164 e. The van der Waals surface area contributed by atoms with Crippen LogP contribution in [0.15, 0.2) is 41.5 Å². The predicted molar refractivity (Wildman–Crippen MR) is 97.6 cm³/mol. The molecule has 2 aliphatic rings. The van der Waals surface area contributed by atoms with Gasteiger partial charge >= 0.3 is 0 Å². The van der Waals surface area contributed by atoms with Crippen LogP contribution >= 0.6 is 0 Å². The zero-order valence-corrected chi connectivity index (χ0v) is 15.5. The second kappa shape index (κ2) is 6.84. The monoisotopic (exact) mass is 326 g/mol. The summed E-state index contributed by atoms with van der Waals surface area (Å²) in [7, 11) is 0. The Morgan fingerprint density at radius 2 is 1.83 bits per heavy atom. The Hall–Kier alpha value is -1.41. The second-order valence-corrected chi connectivity index (χ2v) is 8.19. The van der Waals surface area contributed by atoms with Gasteiger partial charge in [-0.1, -0.05) is 62.2 Å². The number of ether oxygens (including phenoxy) is 1. The van der Waals surface area contributed by atoms with Crippen molar-refractivity contribution in [2.75, 3.05) is 0 Å². The van der Waals surface area contributed by atoms with Crippen molar-refractivity contribution in [2.24, 2.45) is 17.3 Å². The number of ketones is 1. The molecule has 2 nitrogen and oxygen atoms in total. The third-order valence-corrected chi connectivity index (χ3v) is 6.28. The van der Waals surface area contributed by atoms with E-state index in [0.717, 1.165) is 31.2 Å². The first-order chi connectivity index (χ1) is 11.4. The largest absolute Gasteiger partial charge is 0.365 e. The quantitative estimate of drug-likeness (QED) is 0.702. The lowest BCUT2D eigenvalue weighted by atomic mass is 9.59. The zero-order valence-electron chi connectivity index (χ0n) is 15.5. The molecule has 0 aliphatic heterocycles. The summed E-state index contributed by atoms with van der Waals surface area (Å²) >= 11 is 0. The van der Waals surface area contributed by atoms with Crippen molar-refractivity contribution in [2.45, 2.75) is 66.1 Å². The van der Waals surface area contributed by atoms with E-state index in [1.54, 1.807) is 11.1 Å². The summed E-state index contributed by atoms with van der Waals surface area (Å²) in [5, 5.41) is 0. The lowest BCUT2D eigenvalue weighted by Crippen LogP contribution is -2.47. The second-order valence-electron chi connectivity index (χ2n) is 8.19. The molecule has 0 N–H and O–H groups in total. The Morgan fingerprint density at radius 3 is 2.54 bits per heavy atom. The first kappa shape index (κ1) is 17.4. The molecule has 0 amide bonds. The Morgan fingerprint density at radius 1 is 1.12 bits per heavy atom. The van der Waals surface area contributed by atoms with Gasteiger partial charge in [0, 0.05) is 11.8 Å².